The summed E-state index contributed by atoms with van der Waals surface area (Å²) >= 11 is 0. The molecule has 0 spiro atoms. The van der Waals surface area contributed by atoms with Crippen molar-refractivity contribution in [3.05, 3.63) is 29.0 Å². The largest absolute Gasteiger partial charge is 0.481 e. The Morgan fingerprint density at radius 2 is 2.00 bits per heavy atom. The number of primary amides is 1. The molecule has 0 aliphatic carbocycles. The minimum Gasteiger partial charge on any atom is -0.481 e. The Kier molecular flexibility index (Phi) is 4.65. The zero-order chi connectivity index (χ0) is 17.1. The van der Waals surface area contributed by atoms with Gasteiger partial charge in [0.25, 0.3) is 11.7 Å². The minimum absolute atomic E-state index is 0.0693. The van der Waals surface area contributed by atoms with E-state index >= 15 is 0 Å². The lowest BCUT2D eigenvalue weighted by atomic mass is 10.0. The fourth-order valence-corrected chi connectivity index (χ4v) is 2.39. The van der Waals surface area contributed by atoms with Crippen LogP contribution >= 0.6 is 0 Å². The van der Waals surface area contributed by atoms with Gasteiger partial charge < -0.3 is 25.7 Å². The molecule has 8 nitrogen and oxygen atoms in total. The molecule has 0 atom stereocenters. The number of aryl methyl sites for hydroxylation is 1. The molecule has 8 heteroatoms. The number of aromatic amines is 1. The van der Waals surface area contributed by atoms with Crippen molar-refractivity contribution in [3.8, 4) is 5.75 Å². The number of ketones is 1. The highest BCUT2D eigenvalue weighted by Gasteiger charge is 2.25. The van der Waals surface area contributed by atoms with Crippen molar-refractivity contribution >= 4 is 28.6 Å². The number of rotatable bonds is 7. The second-order valence-electron chi connectivity index (χ2n) is 4.88. The second-order valence-corrected chi connectivity index (χ2v) is 4.88. The third kappa shape index (κ3) is 3.16. The number of carboxylic acids is 1. The standard InChI is InChI=1S/C15H16N2O6/c1-2-8-13(14(21)15(16)22)12-9(17-8)3-7(5-18)4-10(12)23-6-11(19)20/h3-4,17-18H,2,5-6H2,1H3,(H2,16,22)(H,19,20). The van der Waals surface area contributed by atoms with Crippen molar-refractivity contribution in [1.29, 1.82) is 0 Å². The van der Waals surface area contributed by atoms with Gasteiger partial charge in [0.15, 0.2) is 6.61 Å². The van der Waals surface area contributed by atoms with Gasteiger partial charge in [-0.3, -0.25) is 9.59 Å². The van der Waals surface area contributed by atoms with E-state index in [4.69, 9.17) is 15.6 Å². The number of aromatic nitrogens is 1. The van der Waals surface area contributed by atoms with Crippen LogP contribution < -0.4 is 10.5 Å². The molecule has 1 amide bonds. The van der Waals surface area contributed by atoms with Gasteiger partial charge in [0, 0.05) is 5.69 Å². The molecular weight excluding hydrogens is 304 g/mol. The highest BCUT2D eigenvalue weighted by Crippen LogP contribution is 2.33. The van der Waals surface area contributed by atoms with Gasteiger partial charge in [0.2, 0.25) is 0 Å². The van der Waals surface area contributed by atoms with Crippen LogP contribution in [0.2, 0.25) is 0 Å². The predicted molar refractivity (Wildman–Crippen MR) is 80.3 cm³/mol. The van der Waals surface area contributed by atoms with Gasteiger partial charge >= 0.3 is 5.97 Å². The van der Waals surface area contributed by atoms with E-state index in [1.165, 1.54) is 6.07 Å². The summed E-state index contributed by atoms with van der Waals surface area (Å²) in [5, 5.41) is 18.4. The molecule has 5 N–H and O–H groups in total. The van der Waals surface area contributed by atoms with Crippen LogP contribution in [0.3, 0.4) is 0 Å². The van der Waals surface area contributed by atoms with E-state index in [0.717, 1.165) is 0 Å². The molecular formula is C15H16N2O6. The smallest absolute Gasteiger partial charge is 0.341 e. The summed E-state index contributed by atoms with van der Waals surface area (Å²) in [7, 11) is 0. The van der Waals surface area contributed by atoms with Crippen LogP contribution in [-0.4, -0.2) is 39.5 Å². The second kappa shape index (κ2) is 6.49. The zero-order valence-corrected chi connectivity index (χ0v) is 12.4. The number of H-pyrrole nitrogens is 1. The van der Waals surface area contributed by atoms with Gasteiger partial charge in [-0.1, -0.05) is 6.92 Å². The number of carbonyl (C=O) groups is 3. The highest BCUT2D eigenvalue weighted by atomic mass is 16.5. The number of carbonyl (C=O) groups excluding carboxylic acids is 2. The van der Waals surface area contributed by atoms with Crippen molar-refractivity contribution in [2.45, 2.75) is 20.0 Å². The molecule has 0 aliphatic heterocycles. The number of aliphatic hydroxyl groups excluding tert-OH is 1. The topological polar surface area (TPSA) is 143 Å². The first kappa shape index (κ1) is 16.5. The third-order valence-corrected chi connectivity index (χ3v) is 3.34. The molecule has 0 unspecified atom stereocenters. The van der Waals surface area contributed by atoms with Crippen LogP contribution in [0.5, 0.6) is 5.75 Å². The fourth-order valence-electron chi connectivity index (χ4n) is 2.39. The number of hydrogen-bond donors (Lipinski definition) is 4. The number of aliphatic carboxylic acids is 1. The molecule has 0 saturated carbocycles. The van der Waals surface area contributed by atoms with Crippen molar-refractivity contribution in [2.75, 3.05) is 6.61 Å². The van der Waals surface area contributed by atoms with E-state index in [2.05, 4.69) is 4.98 Å². The molecule has 0 fully saturated rings. The summed E-state index contributed by atoms with van der Waals surface area (Å²) < 4.78 is 5.22. The Hall–Kier alpha value is -2.87. The SMILES string of the molecule is CCc1[nH]c2cc(CO)cc(OCC(=O)O)c2c1C(=O)C(N)=O. The number of fused-ring (bicyclic) bond motifs is 1. The molecule has 0 radical (unpaired) electrons. The number of benzene rings is 1. The maximum absolute atomic E-state index is 12.1. The number of aliphatic hydroxyl groups is 1. The summed E-state index contributed by atoms with van der Waals surface area (Å²) in [6, 6.07) is 3.02. The van der Waals surface area contributed by atoms with E-state index in [1.54, 1.807) is 13.0 Å². The molecule has 0 aliphatic rings. The molecule has 0 saturated heterocycles. The van der Waals surface area contributed by atoms with Crippen LogP contribution in [0.4, 0.5) is 0 Å². The van der Waals surface area contributed by atoms with Crippen LogP contribution in [0.1, 0.15) is 28.5 Å². The quantitative estimate of drug-likeness (QED) is 0.428. The number of nitrogens with two attached hydrogens (primary N) is 1. The maximum atomic E-state index is 12.1. The number of carboxylic acid groups (broad SMARTS) is 1. The van der Waals surface area contributed by atoms with Gasteiger partial charge in [-0.2, -0.15) is 0 Å². The predicted octanol–water partition coefficient (Wildman–Crippen LogP) is 0.354. The fraction of sp³-hybridized carbons (Fsp3) is 0.267. The van der Waals surface area contributed by atoms with Crippen LogP contribution in [0.25, 0.3) is 10.9 Å². The first-order valence-corrected chi connectivity index (χ1v) is 6.86. The lowest BCUT2D eigenvalue weighted by Gasteiger charge is -2.09. The molecule has 2 aromatic rings. The average Bonchev–Trinajstić information content (AvgIpc) is 2.89. The first-order valence-electron chi connectivity index (χ1n) is 6.86. The summed E-state index contributed by atoms with van der Waals surface area (Å²) in [5.74, 6) is -3.10. The van der Waals surface area contributed by atoms with Crippen LogP contribution in [-0.2, 0) is 22.6 Å². The first-order chi connectivity index (χ1) is 10.9. The van der Waals surface area contributed by atoms with E-state index < -0.39 is 24.3 Å². The van der Waals surface area contributed by atoms with Gasteiger partial charge in [0.05, 0.1) is 23.1 Å². The normalized spacial score (nSPS) is 10.7. The summed E-state index contributed by atoms with van der Waals surface area (Å²) in [4.78, 5) is 37.1. The number of amides is 1. The van der Waals surface area contributed by atoms with Gasteiger partial charge in [-0.25, -0.2) is 4.79 Å². The number of hydrogen-bond acceptors (Lipinski definition) is 5. The molecule has 2 rings (SSSR count). The van der Waals surface area contributed by atoms with E-state index in [-0.39, 0.29) is 23.3 Å². The van der Waals surface area contributed by atoms with Crippen LogP contribution in [0, 0.1) is 0 Å². The summed E-state index contributed by atoms with van der Waals surface area (Å²) in [6.45, 7) is 0.868. The number of ether oxygens (including phenoxy) is 1. The highest BCUT2D eigenvalue weighted by molar-refractivity contribution is 6.45. The van der Waals surface area contributed by atoms with Gasteiger partial charge in [-0.15, -0.1) is 0 Å². The van der Waals surface area contributed by atoms with Crippen LogP contribution in [0.15, 0.2) is 12.1 Å². The van der Waals surface area contributed by atoms with Gasteiger partial charge in [0.1, 0.15) is 5.75 Å². The van der Waals surface area contributed by atoms with E-state index in [1.807, 2.05) is 0 Å². The Bertz CT molecular complexity index is 793. The number of Topliss-reactive ketones (excluding diaryl/α,β-unsaturated/α-hetero) is 1. The average molecular weight is 320 g/mol. The van der Waals surface area contributed by atoms with Crippen molar-refractivity contribution in [1.82, 2.24) is 4.98 Å². The molecule has 1 aromatic heterocycles. The van der Waals surface area contributed by atoms with Crippen molar-refractivity contribution < 1.29 is 29.3 Å². The Morgan fingerprint density at radius 3 is 2.52 bits per heavy atom. The lowest BCUT2D eigenvalue weighted by molar-refractivity contribution is -0.139. The Labute approximate surface area is 130 Å². The lowest BCUT2D eigenvalue weighted by Crippen LogP contribution is -2.24. The summed E-state index contributed by atoms with van der Waals surface area (Å²) in [5.41, 5.74) is 6.58. The van der Waals surface area contributed by atoms with Crippen molar-refractivity contribution in [2.24, 2.45) is 5.73 Å². The Balaban J connectivity index is 2.74. The maximum Gasteiger partial charge on any atom is 0.341 e. The van der Waals surface area contributed by atoms with E-state index in [9.17, 15) is 19.5 Å². The molecule has 23 heavy (non-hydrogen) atoms. The third-order valence-electron chi connectivity index (χ3n) is 3.34. The minimum atomic E-state index is -1.19. The van der Waals surface area contributed by atoms with Gasteiger partial charge in [-0.05, 0) is 24.1 Å². The van der Waals surface area contributed by atoms with E-state index in [0.29, 0.717) is 23.2 Å². The molecule has 0 bridgehead atoms. The summed E-state index contributed by atoms with van der Waals surface area (Å²) in [6.07, 6.45) is 0.426. The molecule has 1 aromatic carbocycles. The number of nitrogens with one attached hydrogen (secondary N) is 1. The van der Waals surface area contributed by atoms with Crippen molar-refractivity contribution in [3.63, 3.8) is 0 Å². The Morgan fingerprint density at radius 1 is 1.30 bits per heavy atom. The zero-order valence-electron chi connectivity index (χ0n) is 12.4. The molecule has 1 heterocycles. The molecule has 122 valence electrons. The monoisotopic (exact) mass is 320 g/mol.